The largest absolute Gasteiger partial charge is 0.467 e. The zero-order valence-corrected chi connectivity index (χ0v) is 11.4. The highest BCUT2D eigenvalue weighted by Gasteiger charge is 2.30. The Balaban J connectivity index is 2.78. The Morgan fingerprint density at radius 2 is 2.05 bits per heavy atom. The van der Waals surface area contributed by atoms with Crippen molar-refractivity contribution in [3.63, 3.8) is 0 Å². The molecule has 1 aromatic carbocycles. The van der Waals surface area contributed by atoms with Gasteiger partial charge in [0, 0.05) is 0 Å². The second-order valence-corrected chi connectivity index (χ2v) is 4.78. The van der Waals surface area contributed by atoms with E-state index in [1.165, 1.54) is 17.7 Å². The van der Waals surface area contributed by atoms with Crippen LogP contribution in [0.1, 0.15) is 19.9 Å². The van der Waals surface area contributed by atoms with E-state index in [0.717, 1.165) is 6.07 Å². The van der Waals surface area contributed by atoms with Gasteiger partial charge in [-0.2, -0.15) is 0 Å². The van der Waals surface area contributed by atoms with Gasteiger partial charge in [-0.3, -0.25) is 4.57 Å². The number of aromatic nitrogens is 2. The van der Waals surface area contributed by atoms with Crippen LogP contribution in [0.3, 0.4) is 0 Å². The van der Waals surface area contributed by atoms with Crippen molar-refractivity contribution >= 4 is 23.0 Å². The number of nitrogens with two attached hydrogens (primary N) is 1. The molecule has 0 saturated heterocycles. The molecule has 0 bridgehead atoms. The molecule has 1 unspecified atom stereocenters. The van der Waals surface area contributed by atoms with Gasteiger partial charge < -0.3 is 10.5 Å². The summed E-state index contributed by atoms with van der Waals surface area (Å²) in [6.45, 7) is 3.51. The summed E-state index contributed by atoms with van der Waals surface area (Å²) in [7, 11) is 1.23. The maximum Gasteiger partial charge on any atom is 0.329 e. The minimum absolute atomic E-state index is 0.0615. The van der Waals surface area contributed by atoms with Gasteiger partial charge in [0.25, 0.3) is 0 Å². The molecule has 108 valence electrons. The highest BCUT2D eigenvalue weighted by molar-refractivity contribution is 5.83. The summed E-state index contributed by atoms with van der Waals surface area (Å²) in [5.41, 5.74) is 5.82. The topological polar surface area (TPSA) is 70.1 Å². The first-order chi connectivity index (χ1) is 9.38. The normalized spacial score (nSPS) is 12.9. The molecule has 20 heavy (non-hydrogen) atoms. The molecule has 0 spiro atoms. The summed E-state index contributed by atoms with van der Waals surface area (Å²) in [6, 6.07) is 1.41. The number of hydrogen-bond acceptors (Lipinski definition) is 4. The first-order valence-corrected chi connectivity index (χ1v) is 6.07. The zero-order chi connectivity index (χ0) is 15.0. The lowest BCUT2D eigenvalue weighted by Crippen LogP contribution is -2.27. The molecule has 7 heteroatoms. The molecule has 0 amide bonds. The third-order valence-electron chi connectivity index (χ3n) is 3.12. The Morgan fingerprint density at radius 3 is 2.60 bits per heavy atom. The number of anilines is 1. The van der Waals surface area contributed by atoms with Crippen LogP contribution in [0.15, 0.2) is 12.1 Å². The fraction of sp³-hybridized carbons (Fsp3) is 0.385. The molecule has 0 saturated carbocycles. The number of ether oxygens (including phenoxy) is 1. The lowest BCUT2D eigenvalue weighted by Gasteiger charge is -2.21. The van der Waals surface area contributed by atoms with E-state index in [0.29, 0.717) is 0 Å². The first kappa shape index (κ1) is 14.2. The molecule has 1 aromatic heterocycles. The predicted molar refractivity (Wildman–Crippen MR) is 70.0 cm³/mol. The van der Waals surface area contributed by atoms with Crippen LogP contribution in [0.2, 0.25) is 0 Å². The number of benzene rings is 1. The standard InChI is InChI=1S/C13H15F2N3O2/c1-6(2)10(12(19)20-3)18-11-8(17-13(18)16)5-4-7(14)9(11)15/h4-6,10H,1-3H3,(H2,16,17). The van der Waals surface area contributed by atoms with Gasteiger partial charge in [-0.15, -0.1) is 0 Å². The maximum absolute atomic E-state index is 14.0. The number of carbonyl (C=O) groups excluding carboxylic acids is 1. The van der Waals surface area contributed by atoms with Crippen molar-refractivity contribution in [2.75, 3.05) is 12.8 Å². The van der Waals surface area contributed by atoms with Crippen LogP contribution in [0.5, 0.6) is 0 Å². The Labute approximate surface area is 114 Å². The second kappa shape index (κ2) is 5.07. The lowest BCUT2D eigenvalue weighted by molar-refractivity contribution is -0.145. The number of nitrogens with zero attached hydrogens (tertiary/aromatic N) is 2. The molecule has 0 aliphatic rings. The van der Waals surface area contributed by atoms with Crippen molar-refractivity contribution in [3.05, 3.63) is 23.8 Å². The van der Waals surface area contributed by atoms with Gasteiger partial charge in [-0.05, 0) is 18.1 Å². The van der Waals surface area contributed by atoms with Crippen LogP contribution < -0.4 is 5.73 Å². The molecule has 2 N–H and O–H groups in total. The fourth-order valence-corrected chi connectivity index (χ4v) is 2.22. The maximum atomic E-state index is 14.0. The number of carbonyl (C=O) groups is 1. The zero-order valence-electron chi connectivity index (χ0n) is 11.4. The van der Waals surface area contributed by atoms with E-state index in [1.807, 2.05) is 0 Å². The number of nitrogen functional groups attached to an aromatic ring is 1. The van der Waals surface area contributed by atoms with Gasteiger partial charge >= 0.3 is 5.97 Å². The SMILES string of the molecule is COC(=O)C(C(C)C)n1c(N)nc2ccc(F)c(F)c21. The average Bonchev–Trinajstić information content (AvgIpc) is 2.71. The molecule has 0 radical (unpaired) electrons. The number of halogens is 2. The van der Waals surface area contributed by atoms with Crippen LogP contribution in [0.25, 0.3) is 11.0 Å². The Bertz CT molecular complexity index is 667. The molecule has 2 rings (SSSR count). The van der Waals surface area contributed by atoms with Crippen LogP contribution in [0, 0.1) is 17.6 Å². The summed E-state index contributed by atoms with van der Waals surface area (Å²) < 4.78 is 33.3. The number of rotatable bonds is 3. The Kier molecular flexibility index (Phi) is 3.61. The Hall–Kier alpha value is -2.18. The van der Waals surface area contributed by atoms with E-state index in [2.05, 4.69) is 4.98 Å². The van der Waals surface area contributed by atoms with Gasteiger partial charge in [-0.25, -0.2) is 18.6 Å². The molecular formula is C13H15F2N3O2. The fourth-order valence-electron chi connectivity index (χ4n) is 2.22. The highest BCUT2D eigenvalue weighted by atomic mass is 19.2. The third kappa shape index (κ3) is 2.09. The number of hydrogen-bond donors (Lipinski definition) is 1. The summed E-state index contributed by atoms with van der Waals surface area (Å²) in [4.78, 5) is 15.9. The van der Waals surface area contributed by atoms with E-state index in [9.17, 15) is 13.6 Å². The number of imidazole rings is 1. The smallest absolute Gasteiger partial charge is 0.329 e. The molecule has 5 nitrogen and oxygen atoms in total. The monoisotopic (exact) mass is 283 g/mol. The molecule has 1 atom stereocenters. The van der Waals surface area contributed by atoms with Gasteiger partial charge in [0.05, 0.1) is 12.6 Å². The number of methoxy groups -OCH3 is 1. The summed E-state index contributed by atoms with van der Waals surface area (Å²) in [5, 5.41) is 0. The van der Waals surface area contributed by atoms with Crippen molar-refractivity contribution in [2.24, 2.45) is 5.92 Å². The van der Waals surface area contributed by atoms with Crippen LogP contribution in [-0.4, -0.2) is 22.6 Å². The first-order valence-electron chi connectivity index (χ1n) is 6.07. The summed E-state index contributed by atoms with van der Waals surface area (Å²) in [5.74, 6) is -2.99. The van der Waals surface area contributed by atoms with Crippen LogP contribution >= 0.6 is 0 Å². The van der Waals surface area contributed by atoms with Gasteiger partial charge in [0.15, 0.2) is 11.6 Å². The average molecular weight is 283 g/mol. The Morgan fingerprint density at radius 1 is 1.40 bits per heavy atom. The molecule has 0 fully saturated rings. The highest BCUT2D eigenvalue weighted by Crippen LogP contribution is 2.30. The van der Waals surface area contributed by atoms with Gasteiger partial charge in [-0.1, -0.05) is 13.8 Å². The number of esters is 1. The lowest BCUT2D eigenvalue weighted by atomic mass is 10.0. The summed E-state index contributed by atoms with van der Waals surface area (Å²) >= 11 is 0. The van der Waals surface area contributed by atoms with Crippen molar-refractivity contribution in [1.29, 1.82) is 0 Å². The molecule has 0 aliphatic carbocycles. The van der Waals surface area contributed by atoms with E-state index in [-0.39, 0.29) is 22.9 Å². The van der Waals surface area contributed by atoms with E-state index in [4.69, 9.17) is 10.5 Å². The number of fused-ring (bicyclic) bond motifs is 1. The van der Waals surface area contributed by atoms with Crippen molar-refractivity contribution in [3.8, 4) is 0 Å². The molecule has 1 heterocycles. The van der Waals surface area contributed by atoms with E-state index in [1.54, 1.807) is 13.8 Å². The molecule has 0 aliphatic heterocycles. The van der Waals surface area contributed by atoms with Crippen molar-refractivity contribution in [1.82, 2.24) is 9.55 Å². The molecule has 2 aromatic rings. The van der Waals surface area contributed by atoms with Crippen molar-refractivity contribution < 1.29 is 18.3 Å². The molecular weight excluding hydrogens is 268 g/mol. The minimum Gasteiger partial charge on any atom is -0.467 e. The quantitative estimate of drug-likeness (QED) is 0.877. The van der Waals surface area contributed by atoms with E-state index >= 15 is 0 Å². The summed E-state index contributed by atoms with van der Waals surface area (Å²) in [6.07, 6.45) is 0. The van der Waals surface area contributed by atoms with Crippen LogP contribution in [0.4, 0.5) is 14.7 Å². The predicted octanol–water partition coefficient (Wildman–Crippen LogP) is 2.27. The van der Waals surface area contributed by atoms with E-state index < -0.39 is 23.6 Å². The second-order valence-electron chi connectivity index (χ2n) is 4.78. The minimum atomic E-state index is -1.08. The van der Waals surface area contributed by atoms with Crippen molar-refractivity contribution in [2.45, 2.75) is 19.9 Å². The van der Waals surface area contributed by atoms with Gasteiger partial charge in [0.2, 0.25) is 5.95 Å². The third-order valence-corrected chi connectivity index (χ3v) is 3.12. The van der Waals surface area contributed by atoms with Crippen LogP contribution in [-0.2, 0) is 9.53 Å². The van der Waals surface area contributed by atoms with Gasteiger partial charge in [0.1, 0.15) is 11.6 Å².